The Hall–Kier alpha value is -3.20. The summed E-state index contributed by atoms with van der Waals surface area (Å²) in [6.07, 6.45) is 4.35. The van der Waals surface area contributed by atoms with Crippen molar-refractivity contribution < 1.29 is 0 Å². The molecule has 1 fully saturated rings. The van der Waals surface area contributed by atoms with Gasteiger partial charge in [0.25, 0.3) is 0 Å². The molecule has 1 aromatic carbocycles. The molecule has 25 heavy (non-hydrogen) atoms. The van der Waals surface area contributed by atoms with Crippen LogP contribution < -0.4 is 10.2 Å². The highest BCUT2D eigenvalue weighted by molar-refractivity contribution is 5.89. The minimum Gasteiger partial charge on any atom is -0.370 e. The molecule has 6 nitrogen and oxygen atoms in total. The van der Waals surface area contributed by atoms with Gasteiger partial charge < -0.3 is 10.2 Å². The van der Waals surface area contributed by atoms with E-state index in [4.69, 9.17) is 5.26 Å². The molecule has 2 aromatic heterocycles. The minimum atomic E-state index is 0.533. The number of hydrogen-bond acceptors (Lipinski definition) is 6. The maximum absolute atomic E-state index is 8.82. The summed E-state index contributed by atoms with van der Waals surface area (Å²) in [6.45, 7) is 2.82. The molecular weight excluding hydrogens is 312 g/mol. The summed E-state index contributed by atoms with van der Waals surface area (Å²) in [5, 5.41) is 13.3. The predicted molar refractivity (Wildman–Crippen MR) is 97.3 cm³/mol. The van der Waals surface area contributed by atoms with Gasteiger partial charge in [0, 0.05) is 31.2 Å². The molecule has 124 valence electrons. The summed E-state index contributed by atoms with van der Waals surface area (Å²) in [7, 11) is 0. The Kier molecular flexibility index (Phi) is 4.13. The molecule has 0 spiro atoms. The van der Waals surface area contributed by atoms with Crippen LogP contribution in [0, 0.1) is 17.2 Å². The lowest BCUT2D eigenvalue weighted by Crippen LogP contribution is -2.23. The highest BCUT2D eigenvalue weighted by Gasteiger charge is 2.24. The third kappa shape index (κ3) is 3.22. The standard InChI is InChI=1S/C19H18N6/c20-9-14-5-6-18(21-10-14)22-11-15-7-8-25(12-15)19-16-3-1-2-4-17(16)23-13-24-19/h1-6,10,13,15H,7-8,11-12H2,(H,21,22). The molecule has 0 amide bonds. The number of hydrogen-bond donors (Lipinski definition) is 1. The van der Waals surface area contributed by atoms with Gasteiger partial charge in [-0.3, -0.25) is 0 Å². The number of nitriles is 1. The van der Waals surface area contributed by atoms with Crippen LogP contribution in [0.2, 0.25) is 0 Å². The van der Waals surface area contributed by atoms with Crippen LogP contribution in [0.1, 0.15) is 12.0 Å². The van der Waals surface area contributed by atoms with Gasteiger partial charge in [-0.1, -0.05) is 12.1 Å². The summed E-state index contributed by atoms with van der Waals surface area (Å²) >= 11 is 0. The molecule has 1 N–H and O–H groups in total. The van der Waals surface area contributed by atoms with Gasteiger partial charge in [-0.25, -0.2) is 15.0 Å². The van der Waals surface area contributed by atoms with Crippen LogP contribution in [0.25, 0.3) is 10.9 Å². The second-order valence-corrected chi connectivity index (χ2v) is 6.24. The number of nitrogens with zero attached hydrogens (tertiary/aromatic N) is 5. The smallest absolute Gasteiger partial charge is 0.139 e. The lowest BCUT2D eigenvalue weighted by Gasteiger charge is -2.19. The van der Waals surface area contributed by atoms with Crippen LogP contribution in [0.5, 0.6) is 0 Å². The van der Waals surface area contributed by atoms with Crippen molar-refractivity contribution in [2.75, 3.05) is 29.9 Å². The largest absolute Gasteiger partial charge is 0.370 e. The van der Waals surface area contributed by atoms with E-state index in [1.54, 1.807) is 18.6 Å². The minimum absolute atomic E-state index is 0.533. The fourth-order valence-corrected chi connectivity index (χ4v) is 3.25. The quantitative estimate of drug-likeness (QED) is 0.792. The van der Waals surface area contributed by atoms with E-state index in [2.05, 4.69) is 37.3 Å². The Morgan fingerprint density at radius 2 is 2.08 bits per heavy atom. The zero-order chi connectivity index (χ0) is 17.1. The number of para-hydroxylation sites is 1. The van der Waals surface area contributed by atoms with Crippen molar-refractivity contribution >= 4 is 22.5 Å². The van der Waals surface area contributed by atoms with Crippen LogP contribution in [0.15, 0.2) is 48.9 Å². The summed E-state index contributed by atoms with van der Waals surface area (Å²) in [6, 6.07) is 13.8. The number of nitrogens with one attached hydrogen (secondary N) is 1. The highest BCUT2D eigenvalue weighted by Crippen LogP contribution is 2.27. The Labute approximate surface area is 146 Å². The Balaban J connectivity index is 1.41. The van der Waals surface area contributed by atoms with Crippen LogP contribution in [0.4, 0.5) is 11.6 Å². The third-order valence-electron chi connectivity index (χ3n) is 4.57. The second kappa shape index (κ2) is 6.73. The molecule has 0 saturated carbocycles. The molecule has 3 heterocycles. The van der Waals surface area contributed by atoms with Gasteiger partial charge in [-0.2, -0.15) is 5.26 Å². The zero-order valence-electron chi connectivity index (χ0n) is 13.8. The third-order valence-corrected chi connectivity index (χ3v) is 4.57. The number of benzene rings is 1. The maximum atomic E-state index is 8.82. The van der Waals surface area contributed by atoms with Crippen molar-refractivity contribution in [3.63, 3.8) is 0 Å². The van der Waals surface area contributed by atoms with E-state index < -0.39 is 0 Å². The van der Waals surface area contributed by atoms with E-state index in [0.717, 1.165) is 48.6 Å². The van der Waals surface area contributed by atoms with E-state index in [1.807, 2.05) is 24.3 Å². The molecule has 1 unspecified atom stereocenters. The van der Waals surface area contributed by atoms with Crippen molar-refractivity contribution in [1.82, 2.24) is 15.0 Å². The topological polar surface area (TPSA) is 77.7 Å². The van der Waals surface area contributed by atoms with E-state index >= 15 is 0 Å². The van der Waals surface area contributed by atoms with E-state index in [0.29, 0.717) is 11.5 Å². The first-order valence-corrected chi connectivity index (χ1v) is 8.38. The van der Waals surface area contributed by atoms with Gasteiger partial charge in [0.1, 0.15) is 24.0 Å². The number of rotatable bonds is 4. The van der Waals surface area contributed by atoms with Crippen molar-refractivity contribution in [1.29, 1.82) is 5.26 Å². The fourth-order valence-electron chi connectivity index (χ4n) is 3.25. The van der Waals surface area contributed by atoms with Crippen LogP contribution >= 0.6 is 0 Å². The molecule has 4 rings (SSSR count). The molecule has 6 heteroatoms. The highest BCUT2D eigenvalue weighted by atomic mass is 15.2. The molecule has 1 aliphatic rings. The summed E-state index contributed by atoms with van der Waals surface area (Å²) < 4.78 is 0. The number of anilines is 2. The van der Waals surface area contributed by atoms with Gasteiger partial charge in [0.2, 0.25) is 0 Å². The average molecular weight is 330 g/mol. The van der Waals surface area contributed by atoms with E-state index in [-0.39, 0.29) is 0 Å². The fraction of sp³-hybridized carbons (Fsp3) is 0.263. The van der Waals surface area contributed by atoms with Gasteiger partial charge in [0.15, 0.2) is 0 Å². The zero-order valence-corrected chi connectivity index (χ0v) is 13.8. The average Bonchev–Trinajstić information content (AvgIpc) is 3.15. The van der Waals surface area contributed by atoms with Gasteiger partial charge in [-0.05, 0) is 36.6 Å². The second-order valence-electron chi connectivity index (χ2n) is 6.24. The predicted octanol–water partition coefficient (Wildman–Crippen LogP) is 2.83. The lowest BCUT2D eigenvalue weighted by atomic mass is 10.1. The normalized spacial score (nSPS) is 16.8. The molecule has 3 aromatic rings. The molecule has 0 bridgehead atoms. The number of aromatic nitrogens is 3. The monoisotopic (exact) mass is 330 g/mol. The molecule has 0 radical (unpaired) electrons. The molecule has 0 aliphatic carbocycles. The van der Waals surface area contributed by atoms with E-state index in [9.17, 15) is 0 Å². The molecular formula is C19H18N6. The van der Waals surface area contributed by atoms with Crippen LogP contribution in [0.3, 0.4) is 0 Å². The van der Waals surface area contributed by atoms with E-state index in [1.165, 1.54) is 0 Å². The lowest BCUT2D eigenvalue weighted by molar-refractivity contribution is 0.621. The Morgan fingerprint density at radius 1 is 1.16 bits per heavy atom. The first-order valence-electron chi connectivity index (χ1n) is 8.38. The van der Waals surface area contributed by atoms with Gasteiger partial charge >= 0.3 is 0 Å². The number of pyridine rings is 1. The summed E-state index contributed by atoms with van der Waals surface area (Å²) in [5.74, 6) is 2.36. The van der Waals surface area contributed by atoms with Crippen LogP contribution in [-0.2, 0) is 0 Å². The SMILES string of the molecule is N#Cc1ccc(NCC2CCN(c3ncnc4ccccc34)C2)nc1. The van der Waals surface area contributed by atoms with Gasteiger partial charge in [-0.15, -0.1) is 0 Å². The number of fused-ring (bicyclic) bond motifs is 1. The first kappa shape index (κ1) is 15.3. The van der Waals surface area contributed by atoms with Crippen molar-refractivity contribution in [3.8, 4) is 6.07 Å². The van der Waals surface area contributed by atoms with Gasteiger partial charge in [0.05, 0.1) is 11.1 Å². The summed E-state index contributed by atoms with van der Waals surface area (Å²) in [4.78, 5) is 15.4. The molecule has 1 atom stereocenters. The Bertz CT molecular complexity index is 910. The van der Waals surface area contributed by atoms with Crippen molar-refractivity contribution in [2.24, 2.45) is 5.92 Å². The maximum Gasteiger partial charge on any atom is 0.139 e. The van der Waals surface area contributed by atoms with Crippen LogP contribution in [-0.4, -0.2) is 34.6 Å². The van der Waals surface area contributed by atoms with Crippen molar-refractivity contribution in [2.45, 2.75) is 6.42 Å². The van der Waals surface area contributed by atoms with Crippen molar-refractivity contribution in [3.05, 3.63) is 54.5 Å². The summed E-state index contributed by atoms with van der Waals surface area (Å²) in [5.41, 5.74) is 1.56. The first-order chi connectivity index (χ1) is 12.3. The molecule has 1 aliphatic heterocycles. The molecule has 1 saturated heterocycles. The Morgan fingerprint density at radius 3 is 2.92 bits per heavy atom.